The lowest BCUT2D eigenvalue weighted by Gasteiger charge is -2.31. The second-order valence-electron chi connectivity index (χ2n) is 6.78. The van der Waals surface area contributed by atoms with Crippen molar-refractivity contribution in [3.8, 4) is 5.75 Å². The van der Waals surface area contributed by atoms with E-state index in [1.807, 2.05) is 26.0 Å². The van der Waals surface area contributed by atoms with Gasteiger partial charge >= 0.3 is 0 Å². The van der Waals surface area contributed by atoms with Gasteiger partial charge in [-0.2, -0.15) is 5.10 Å². The summed E-state index contributed by atoms with van der Waals surface area (Å²) in [5.41, 5.74) is 5.25. The van der Waals surface area contributed by atoms with E-state index in [9.17, 15) is 14.4 Å². The number of hydrogen-bond donors (Lipinski definition) is 2. The van der Waals surface area contributed by atoms with E-state index in [0.717, 1.165) is 20.9 Å². The molecule has 2 aromatic carbocycles. The Bertz CT molecular complexity index is 1120. The van der Waals surface area contributed by atoms with Gasteiger partial charge in [-0.25, -0.2) is 5.43 Å². The van der Waals surface area contributed by atoms with Crippen molar-refractivity contribution in [2.24, 2.45) is 11.0 Å². The molecule has 8 nitrogen and oxygen atoms in total. The molecule has 1 heterocycles. The van der Waals surface area contributed by atoms with E-state index in [4.69, 9.17) is 17.0 Å². The first-order valence-electron chi connectivity index (χ1n) is 9.16. The van der Waals surface area contributed by atoms with Crippen LogP contribution in [0.4, 0.5) is 5.69 Å². The number of hydrazone groups is 1. The fraction of sp³-hybridized carbons (Fsp3) is 0.190. The van der Waals surface area contributed by atoms with E-state index in [-0.39, 0.29) is 5.11 Å². The summed E-state index contributed by atoms with van der Waals surface area (Å²) in [6.45, 7) is 3.88. The first kappa shape index (κ1) is 22.8. The molecule has 31 heavy (non-hydrogen) atoms. The molecular formula is C21H19IN4O4S. The number of carbonyl (C=O) groups is 3. The predicted octanol–water partition coefficient (Wildman–Crippen LogP) is 2.70. The van der Waals surface area contributed by atoms with Crippen LogP contribution in [-0.2, 0) is 9.59 Å². The molecule has 0 unspecified atom stereocenters. The van der Waals surface area contributed by atoms with Crippen molar-refractivity contribution in [2.45, 2.75) is 13.8 Å². The zero-order valence-corrected chi connectivity index (χ0v) is 19.9. The Morgan fingerprint density at radius 3 is 2.65 bits per heavy atom. The lowest BCUT2D eigenvalue weighted by atomic mass is 10.0. The molecule has 1 atom stereocenters. The van der Waals surface area contributed by atoms with E-state index in [1.165, 1.54) is 12.0 Å². The highest BCUT2D eigenvalue weighted by atomic mass is 127. The van der Waals surface area contributed by atoms with Crippen LogP contribution < -0.4 is 20.4 Å². The minimum atomic E-state index is -1.24. The third-order valence-corrected chi connectivity index (χ3v) is 5.93. The standard InChI is InChI=1S/C21H19IN4O4S/c1-11-4-6-14(8-12(11)2)26-20(29)15(19(28)24-21(26)31)10-23-25-18(27)13-5-7-16(22)17(9-13)30-3/h4-10,15H,1-3H3,(H,25,27)(H,24,28,31)/b23-10+/t15-/m1/s1. The van der Waals surface area contributed by atoms with Crippen molar-refractivity contribution in [3.63, 3.8) is 0 Å². The van der Waals surface area contributed by atoms with Crippen LogP contribution in [0.1, 0.15) is 21.5 Å². The fourth-order valence-corrected chi connectivity index (χ4v) is 3.72. The van der Waals surface area contributed by atoms with Gasteiger partial charge in [0.2, 0.25) is 5.91 Å². The van der Waals surface area contributed by atoms with Crippen molar-refractivity contribution in [3.05, 3.63) is 56.7 Å². The number of methoxy groups -OCH3 is 1. The number of nitrogens with zero attached hydrogens (tertiary/aromatic N) is 2. The Balaban J connectivity index is 1.76. The van der Waals surface area contributed by atoms with Gasteiger partial charge in [0.25, 0.3) is 11.8 Å². The summed E-state index contributed by atoms with van der Waals surface area (Å²) in [7, 11) is 1.51. The molecule has 2 N–H and O–H groups in total. The first-order valence-corrected chi connectivity index (χ1v) is 10.6. The van der Waals surface area contributed by atoms with Gasteiger partial charge < -0.3 is 10.1 Å². The highest BCUT2D eigenvalue weighted by Crippen LogP contribution is 2.23. The summed E-state index contributed by atoms with van der Waals surface area (Å²) in [6, 6.07) is 10.4. The maximum absolute atomic E-state index is 13.0. The molecule has 1 saturated heterocycles. The minimum Gasteiger partial charge on any atom is -0.496 e. The van der Waals surface area contributed by atoms with Crippen molar-refractivity contribution in [1.82, 2.24) is 10.7 Å². The molecular weight excluding hydrogens is 531 g/mol. The SMILES string of the molecule is COc1cc(C(=O)N/N=C/[C@@H]2C(=O)NC(=S)N(c3ccc(C)c(C)c3)C2=O)ccc1I. The van der Waals surface area contributed by atoms with Crippen molar-refractivity contribution >= 4 is 69.5 Å². The van der Waals surface area contributed by atoms with Gasteiger partial charge in [0.15, 0.2) is 11.0 Å². The van der Waals surface area contributed by atoms with Crippen LogP contribution >= 0.6 is 34.8 Å². The van der Waals surface area contributed by atoms with Gasteiger partial charge in [0.1, 0.15) is 5.75 Å². The van der Waals surface area contributed by atoms with E-state index < -0.39 is 23.6 Å². The van der Waals surface area contributed by atoms with Crippen LogP contribution in [0.25, 0.3) is 0 Å². The van der Waals surface area contributed by atoms with Crippen molar-refractivity contribution < 1.29 is 19.1 Å². The largest absolute Gasteiger partial charge is 0.496 e. The molecule has 1 aliphatic heterocycles. The molecule has 0 saturated carbocycles. The Hall–Kier alpha value is -2.86. The summed E-state index contributed by atoms with van der Waals surface area (Å²) in [6.07, 6.45) is 1.09. The van der Waals surface area contributed by atoms with Crippen LogP contribution in [0.15, 0.2) is 41.5 Å². The first-order chi connectivity index (χ1) is 14.7. The molecule has 160 valence electrons. The number of benzene rings is 2. The van der Waals surface area contributed by atoms with E-state index in [1.54, 1.807) is 24.3 Å². The van der Waals surface area contributed by atoms with Crippen LogP contribution in [0.5, 0.6) is 5.75 Å². The third kappa shape index (κ3) is 4.90. The topological polar surface area (TPSA) is 100 Å². The number of thiocarbonyl (C=S) groups is 1. The van der Waals surface area contributed by atoms with Gasteiger partial charge in [-0.15, -0.1) is 0 Å². The Morgan fingerprint density at radius 1 is 1.23 bits per heavy atom. The van der Waals surface area contributed by atoms with Crippen molar-refractivity contribution in [2.75, 3.05) is 12.0 Å². The monoisotopic (exact) mass is 550 g/mol. The van der Waals surface area contributed by atoms with Gasteiger partial charge in [-0.3, -0.25) is 19.3 Å². The summed E-state index contributed by atoms with van der Waals surface area (Å²) in [4.78, 5) is 38.9. The Labute approximate surface area is 198 Å². The summed E-state index contributed by atoms with van der Waals surface area (Å²) >= 11 is 7.28. The second-order valence-corrected chi connectivity index (χ2v) is 8.33. The molecule has 1 fully saturated rings. The lowest BCUT2D eigenvalue weighted by Crippen LogP contribution is -2.58. The molecule has 3 amide bonds. The Kier molecular flexibility index (Phi) is 7.01. The zero-order chi connectivity index (χ0) is 22.7. The number of nitrogens with one attached hydrogen (secondary N) is 2. The van der Waals surface area contributed by atoms with Gasteiger partial charge in [0.05, 0.1) is 16.4 Å². The molecule has 10 heteroatoms. The Morgan fingerprint density at radius 2 is 1.97 bits per heavy atom. The number of amides is 3. The summed E-state index contributed by atoms with van der Waals surface area (Å²) < 4.78 is 6.06. The molecule has 3 rings (SSSR count). The maximum Gasteiger partial charge on any atom is 0.271 e. The molecule has 0 radical (unpaired) electrons. The number of halogens is 1. The normalized spacial score (nSPS) is 16.5. The number of anilines is 1. The van der Waals surface area contributed by atoms with Gasteiger partial charge in [0, 0.05) is 11.8 Å². The number of ether oxygens (including phenoxy) is 1. The quantitative estimate of drug-likeness (QED) is 0.196. The number of aryl methyl sites for hydroxylation is 2. The average Bonchev–Trinajstić information content (AvgIpc) is 2.73. The molecule has 0 aliphatic carbocycles. The number of hydrogen-bond acceptors (Lipinski definition) is 6. The molecule has 1 aliphatic rings. The summed E-state index contributed by atoms with van der Waals surface area (Å²) in [5.74, 6) is -2.34. The predicted molar refractivity (Wildman–Crippen MR) is 129 cm³/mol. The van der Waals surface area contributed by atoms with Crippen LogP contribution in [-0.4, -0.2) is 36.2 Å². The number of carbonyl (C=O) groups excluding carboxylic acids is 3. The molecule has 2 aromatic rings. The average molecular weight is 550 g/mol. The highest BCUT2D eigenvalue weighted by molar-refractivity contribution is 14.1. The number of rotatable bonds is 5. The van der Waals surface area contributed by atoms with Gasteiger partial charge in [-0.1, -0.05) is 6.07 Å². The van der Waals surface area contributed by atoms with Crippen molar-refractivity contribution in [1.29, 1.82) is 0 Å². The molecule has 0 spiro atoms. The van der Waals surface area contributed by atoms with Crippen LogP contribution in [0.2, 0.25) is 0 Å². The lowest BCUT2D eigenvalue weighted by molar-refractivity contribution is -0.130. The minimum absolute atomic E-state index is 0.00192. The van der Waals surface area contributed by atoms with E-state index in [2.05, 4.69) is 38.4 Å². The fourth-order valence-electron chi connectivity index (χ4n) is 2.87. The summed E-state index contributed by atoms with van der Waals surface area (Å²) in [5, 5.41) is 6.32. The molecule has 0 bridgehead atoms. The highest BCUT2D eigenvalue weighted by Gasteiger charge is 2.38. The van der Waals surface area contributed by atoms with Crippen LogP contribution in [0.3, 0.4) is 0 Å². The zero-order valence-electron chi connectivity index (χ0n) is 16.9. The van der Waals surface area contributed by atoms with E-state index in [0.29, 0.717) is 17.0 Å². The smallest absolute Gasteiger partial charge is 0.271 e. The van der Waals surface area contributed by atoms with E-state index >= 15 is 0 Å². The second kappa shape index (κ2) is 9.52. The van der Waals surface area contributed by atoms with Gasteiger partial charge in [-0.05, 0) is 90.1 Å². The third-order valence-electron chi connectivity index (χ3n) is 4.75. The molecule has 0 aromatic heterocycles. The maximum atomic E-state index is 13.0. The van der Waals surface area contributed by atoms with Crippen LogP contribution in [0, 0.1) is 23.3 Å².